The molecule has 0 unspecified atom stereocenters. The summed E-state index contributed by atoms with van der Waals surface area (Å²) < 4.78 is 37.0. The number of halogens is 1. The molecule has 0 atom stereocenters. The summed E-state index contributed by atoms with van der Waals surface area (Å²) in [4.78, 5) is 14.9. The first-order chi connectivity index (χ1) is 12.3. The number of ether oxygens (including phenoxy) is 2. The zero-order chi connectivity index (χ0) is 19.2. The lowest BCUT2D eigenvalue weighted by molar-refractivity contribution is -0.148. The van der Waals surface area contributed by atoms with Crippen molar-refractivity contribution in [3.63, 3.8) is 0 Å². The number of hydrogen-bond acceptors (Lipinski definition) is 6. The molecule has 27 heavy (non-hydrogen) atoms. The van der Waals surface area contributed by atoms with E-state index in [2.05, 4.69) is 5.32 Å². The molecular weight excluding hydrogens is 394 g/mol. The Morgan fingerprint density at radius 3 is 2.26 bits per heavy atom. The van der Waals surface area contributed by atoms with Gasteiger partial charge in [0.25, 0.3) is 0 Å². The van der Waals surface area contributed by atoms with E-state index in [4.69, 9.17) is 9.47 Å². The second-order valence-corrected chi connectivity index (χ2v) is 9.48. The van der Waals surface area contributed by atoms with Gasteiger partial charge in [-0.3, -0.25) is 4.79 Å². The lowest BCUT2D eigenvalue weighted by atomic mass is 9.78. The van der Waals surface area contributed by atoms with E-state index < -0.39 is 15.4 Å². The van der Waals surface area contributed by atoms with Crippen molar-refractivity contribution in [1.82, 2.24) is 14.5 Å². The summed E-state index contributed by atoms with van der Waals surface area (Å²) in [6.07, 6.45) is 1.52. The van der Waals surface area contributed by atoms with Gasteiger partial charge in [0, 0.05) is 33.3 Å². The van der Waals surface area contributed by atoms with Gasteiger partial charge in [-0.2, -0.15) is 4.31 Å². The molecule has 0 aliphatic carbocycles. The Balaban J connectivity index is 0.00000364. The number of carbonyl (C=O) groups is 1. The number of methoxy groups -OCH3 is 1. The molecule has 0 spiro atoms. The minimum Gasteiger partial charge on any atom is -0.384 e. The average Bonchev–Trinajstić information content (AvgIpc) is 2.62. The average molecular weight is 428 g/mol. The Morgan fingerprint density at radius 2 is 1.74 bits per heavy atom. The molecule has 0 bridgehead atoms. The van der Waals surface area contributed by atoms with Crippen molar-refractivity contribution >= 4 is 28.3 Å². The Hall–Kier alpha value is -0.450. The highest BCUT2D eigenvalue weighted by molar-refractivity contribution is 7.89. The maximum atomic E-state index is 13.1. The molecule has 0 saturated carbocycles. The van der Waals surface area contributed by atoms with Crippen molar-refractivity contribution in [3.05, 3.63) is 0 Å². The third-order valence-electron chi connectivity index (χ3n) is 5.15. The molecule has 2 rings (SSSR count). The van der Waals surface area contributed by atoms with E-state index in [1.807, 2.05) is 13.8 Å². The van der Waals surface area contributed by atoms with Crippen LogP contribution in [0.25, 0.3) is 0 Å². The van der Waals surface area contributed by atoms with Crippen molar-refractivity contribution in [1.29, 1.82) is 0 Å². The number of piperazine rings is 1. The number of carbonyl (C=O) groups excluding carboxylic acids is 1. The van der Waals surface area contributed by atoms with Gasteiger partial charge >= 0.3 is 0 Å². The van der Waals surface area contributed by atoms with E-state index >= 15 is 0 Å². The molecule has 2 aliphatic rings. The number of nitrogens with zero attached hydrogens (tertiary/aromatic N) is 2. The number of rotatable bonds is 8. The Morgan fingerprint density at radius 1 is 1.15 bits per heavy atom. The topological polar surface area (TPSA) is 88.2 Å². The number of nitrogens with one attached hydrogen (secondary N) is 1. The molecular formula is C17H34ClN3O5S. The molecule has 1 N–H and O–H groups in total. The van der Waals surface area contributed by atoms with Crippen LogP contribution in [0.3, 0.4) is 0 Å². The molecule has 2 saturated heterocycles. The highest BCUT2D eigenvalue weighted by Crippen LogP contribution is 2.32. The van der Waals surface area contributed by atoms with Gasteiger partial charge in [-0.25, -0.2) is 8.42 Å². The molecule has 8 nitrogen and oxygen atoms in total. The summed E-state index contributed by atoms with van der Waals surface area (Å²) in [6, 6.07) is 0. The van der Waals surface area contributed by atoms with E-state index in [9.17, 15) is 13.2 Å². The first-order valence-electron chi connectivity index (χ1n) is 9.39. The van der Waals surface area contributed by atoms with Crippen LogP contribution >= 0.6 is 12.4 Å². The van der Waals surface area contributed by atoms with Gasteiger partial charge in [0.15, 0.2) is 0 Å². The van der Waals surface area contributed by atoms with Crippen LogP contribution in [0.1, 0.15) is 26.7 Å². The third kappa shape index (κ3) is 6.54. The van der Waals surface area contributed by atoms with Gasteiger partial charge < -0.3 is 19.7 Å². The highest BCUT2D eigenvalue weighted by atomic mass is 35.5. The van der Waals surface area contributed by atoms with Crippen molar-refractivity contribution < 1.29 is 22.7 Å². The van der Waals surface area contributed by atoms with Gasteiger partial charge in [-0.1, -0.05) is 0 Å². The van der Waals surface area contributed by atoms with Gasteiger partial charge in [0.05, 0.1) is 30.5 Å². The molecule has 0 aromatic heterocycles. The van der Waals surface area contributed by atoms with Crippen LogP contribution in [-0.2, 0) is 24.3 Å². The molecule has 0 aromatic carbocycles. The van der Waals surface area contributed by atoms with Crippen LogP contribution in [0.2, 0.25) is 0 Å². The van der Waals surface area contributed by atoms with E-state index in [-0.39, 0.29) is 36.8 Å². The third-order valence-corrected chi connectivity index (χ3v) is 6.98. The highest BCUT2D eigenvalue weighted by Gasteiger charge is 2.43. The number of piperidine rings is 1. The molecule has 2 aliphatic heterocycles. The quantitative estimate of drug-likeness (QED) is 0.600. The standard InChI is InChI=1S/C17H33N3O5S.ClH/c1-15(2)25-12-13-26(22,23)20-10-8-19(9-11-20)16(21)17(14-24-3)4-6-18-7-5-17;/h15,18H,4-14H2,1-3H3;1H. The fourth-order valence-corrected chi connectivity index (χ4v) is 4.91. The van der Waals surface area contributed by atoms with Gasteiger partial charge in [0.1, 0.15) is 0 Å². The van der Waals surface area contributed by atoms with Crippen LogP contribution in [0.4, 0.5) is 0 Å². The summed E-state index contributed by atoms with van der Waals surface area (Å²) in [6.45, 7) is 7.54. The number of sulfonamides is 1. The Labute approximate surface area is 169 Å². The van der Waals surface area contributed by atoms with Crippen molar-refractivity contribution in [2.24, 2.45) is 5.41 Å². The summed E-state index contributed by atoms with van der Waals surface area (Å²) in [5.74, 6) is 0.0827. The van der Waals surface area contributed by atoms with Gasteiger partial charge in [0.2, 0.25) is 15.9 Å². The minimum atomic E-state index is -3.34. The SMILES string of the molecule is COCC1(C(=O)N2CCN(S(=O)(=O)CCOC(C)C)CC2)CCNCC1.Cl. The van der Waals surface area contributed by atoms with Crippen molar-refractivity contribution in [2.75, 3.05) is 65.3 Å². The summed E-state index contributed by atoms with van der Waals surface area (Å²) in [5.41, 5.74) is -0.480. The molecule has 160 valence electrons. The maximum Gasteiger partial charge on any atom is 0.231 e. The predicted molar refractivity (Wildman–Crippen MR) is 107 cm³/mol. The van der Waals surface area contributed by atoms with Crippen molar-refractivity contribution in [2.45, 2.75) is 32.8 Å². The normalized spacial score (nSPS) is 21.1. The molecule has 0 radical (unpaired) electrons. The molecule has 10 heteroatoms. The summed E-state index contributed by atoms with van der Waals surface area (Å²) >= 11 is 0. The maximum absolute atomic E-state index is 13.1. The first kappa shape index (κ1) is 24.6. The van der Waals surface area contributed by atoms with E-state index in [1.54, 1.807) is 12.0 Å². The Bertz CT molecular complexity index is 553. The smallest absolute Gasteiger partial charge is 0.231 e. The molecule has 2 heterocycles. The lowest BCUT2D eigenvalue weighted by Crippen LogP contribution is -2.57. The fourth-order valence-electron chi connectivity index (χ4n) is 3.62. The number of amides is 1. The lowest BCUT2D eigenvalue weighted by Gasteiger charge is -2.42. The number of hydrogen-bond donors (Lipinski definition) is 1. The second kappa shape index (κ2) is 10.9. The van der Waals surface area contributed by atoms with Gasteiger partial charge in [-0.05, 0) is 39.8 Å². The fraction of sp³-hybridized carbons (Fsp3) is 0.941. The predicted octanol–water partition coefficient (Wildman–Crippen LogP) is 0.323. The first-order valence-corrected chi connectivity index (χ1v) is 11.0. The molecule has 2 fully saturated rings. The van der Waals surface area contributed by atoms with Crippen LogP contribution in [-0.4, -0.2) is 95.0 Å². The Kier molecular flexibility index (Phi) is 9.95. The van der Waals surface area contributed by atoms with Crippen molar-refractivity contribution in [3.8, 4) is 0 Å². The van der Waals surface area contributed by atoms with Crippen LogP contribution in [0.5, 0.6) is 0 Å². The van der Waals surface area contributed by atoms with E-state index in [0.29, 0.717) is 32.8 Å². The van der Waals surface area contributed by atoms with Gasteiger partial charge in [-0.15, -0.1) is 12.4 Å². The van der Waals surface area contributed by atoms with E-state index in [0.717, 1.165) is 25.9 Å². The zero-order valence-electron chi connectivity index (χ0n) is 16.6. The van der Waals surface area contributed by atoms with Crippen LogP contribution in [0, 0.1) is 5.41 Å². The summed E-state index contributed by atoms with van der Waals surface area (Å²) in [7, 11) is -1.72. The van der Waals surface area contributed by atoms with Crippen LogP contribution in [0.15, 0.2) is 0 Å². The molecule has 0 aromatic rings. The van der Waals surface area contributed by atoms with E-state index in [1.165, 1.54) is 4.31 Å². The largest absolute Gasteiger partial charge is 0.384 e. The second-order valence-electron chi connectivity index (χ2n) is 7.39. The van der Waals surface area contributed by atoms with Crippen LogP contribution < -0.4 is 5.32 Å². The molecule has 1 amide bonds. The zero-order valence-corrected chi connectivity index (χ0v) is 18.2. The monoisotopic (exact) mass is 427 g/mol. The minimum absolute atomic E-state index is 0. The summed E-state index contributed by atoms with van der Waals surface area (Å²) in [5, 5.41) is 3.28.